The first kappa shape index (κ1) is 22.5. The van der Waals surface area contributed by atoms with Crippen molar-refractivity contribution in [3.8, 4) is 12.3 Å². The lowest BCUT2D eigenvalue weighted by molar-refractivity contribution is -0.863. The second kappa shape index (κ2) is 11.9. The third-order valence-corrected chi connectivity index (χ3v) is 3.73. The van der Waals surface area contributed by atoms with Crippen LogP contribution in [0.4, 0.5) is 5.69 Å². The molecule has 28 heavy (non-hydrogen) atoms. The first-order valence-electron chi connectivity index (χ1n) is 8.58. The van der Waals surface area contributed by atoms with Crippen LogP contribution in [0.2, 0.25) is 0 Å². The van der Waals surface area contributed by atoms with Crippen molar-refractivity contribution >= 4 is 23.2 Å². The van der Waals surface area contributed by atoms with E-state index in [1.54, 1.807) is 0 Å². The maximum atomic E-state index is 9.04. The van der Waals surface area contributed by atoms with Crippen molar-refractivity contribution in [1.82, 2.24) is 0 Å². The van der Waals surface area contributed by atoms with Gasteiger partial charge < -0.3 is 25.2 Å². The summed E-state index contributed by atoms with van der Waals surface area (Å²) in [4.78, 5) is 19.3. The third kappa shape index (κ3) is 8.70. The van der Waals surface area contributed by atoms with E-state index in [1.165, 1.54) is 16.0 Å². The molecule has 0 aromatic heterocycles. The van der Waals surface area contributed by atoms with Crippen molar-refractivity contribution in [3.05, 3.63) is 72.3 Å². The number of carboxylic acid groups (broad SMARTS) is 2. The normalized spacial score (nSPS) is 10.6. The Morgan fingerprint density at radius 1 is 1.18 bits per heavy atom. The van der Waals surface area contributed by atoms with Gasteiger partial charge in [0.15, 0.2) is 5.97 Å². The van der Waals surface area contributed by atoms with Gasteiger partial charge in [0.2, 0.25) is 0 Å². The van der Waals surface area contributed by atoms with Gasteiger partial charge in [0.05, 0.1) is 7.05 Å². The molecule has 0 aliphatic carbocycles. The molecule has 6 nitrogen and oxygen atoms in total. The van der Waals surface area contributed by atoms with Gasteiger partial charge in [-0.1, -0.05) is 49.0 Å². The standard InChI is InChI=1S/C20H22N2.C2H2O4/c1-4-14-22(3)16-17(2)19-12-10-18(11-13-19)15-21-20-8-6-5-7-9-20;3-1(4)2(5)6/h1,5-13,21H,2,14-16H2,3H3;(H,3,4)(H,5,6). The summed E-state index contributed by atoms with van der Waals surface area (Å²) < 4.78 is 0. The average molecular weight is 380 g/mol. The van der Waals surface area contributed by atoms with E-state index >= 15 is 0 Å². The molecule has 0 saturated heterocycles. The quantitative estimate of drug-likeness (QED) is 0.474. The number of quaternary nitrogens is 1. The highest BCUT2D eigenvalue weighted by atomic mass is 16.4. The zero-order valence-electron chi connectivity index (χ0n) is 15.8. The molecule has 1 atom stereocenters. The van der Waals surface area contributed by atoms with Gasteiger partial charge in [-0.2, -0.15) is 0 Å². The highest BCUT2D eigenvalue weighted by molar-refractivity contribution is 6.26. The van der Waals surface area contributed by atoms with Crippen LogP contribution >= 0.6 is 0 Å². The Hall–Kier alpha value is -3.56. The third-order valence-electron chi connectivity index (χ3n) is 3.73. The number of hydrogen-bond donors (Lipinski definition) is 3. The van der Waals surface area contributed by atoms with Gasteiger partial charge in [0, 0.05) is 17.8 Å². The van der Waals surface area contributed by atoms with Gasteiger partial charge in [-0.05, 0) is 29.2 Å². The Morgan fingerprint density at radius 3 is 2.25 bits per heavy atom. The van der Waals surface area contributed by atoms with Crippen molar-refractivity contribution in [2.45, 2.75) is 6.54 Å². The van der Waals surface area contributed by atoms with Gasteiger partial charge in [0.25, 0.3) is 0 Å². The maximum Gasteiger partial charge on any atom is 0.351 e. The van der Waals surface area contributed by atoms with Crippen LogP contribution in [0.15, 0.2) is 61.2 Å². The molecule has 6 heteroatoms. The molecule has 3 N–H and O–H groups in total. The summed E-state index contributed by atoms with van der Waals surface area (Å²) in [5.41, 5.74) is 4.69. The molecule has 2 rings (SSSR count). The minimum atomic E-state index is -2.07. The van der Waals surface area contributed by atoms with E-state index in [0.717, 1.165) is 30.9 Å². The fraction of sp³-hybridized carbons (Fsp3) is 0.182. The van der Waals surface area contributed by atoms with Gasteiger partial charge in [-0.25, -0.2) is 4.79 Å². The lowest BCUT2D eigenvalue weighted by atomic mass is 10.0. The summed E-state index contributed by atoms with van der Waals surface area (Å²) in [5, 5.41) is 19.7. The van der Waals surface area contributed by atoms with E-state index in [4.69, 9.17) is 26.2 Å². The number of benzene rings is 2. The molecule has 0 spiro atoms. The molecule has 2 aromatic carbocycles. The van der Waals surface area contributed by atoms with Gasteiger partial charge in [-0.3, -0.25) is 0 Å². The monoisotopic (exact) mass is 380 g/mol. The highest BCUT2D eigenvalue weighted by Gasteiger charge is 2.05. The van der Waals surface area contributed by atoms with Crippen molar-refractivity contribution in [1.29, 1.82) is 0 Å². The predicted octanol–water partition coefficient (Wildman–Crippen LogP) is 0.281. The van der Waals surface area contributed by atoms with Crippen LogP contribution in [0.1, 0.15) is 11.1 Å². The molecule has 0 amide bonds. The summed E-state index contributed by atoms with van der Waals surface area (Å²) in [6.45, 7) is 6.57. The number of carbonyl (C=O) groups excluding carboxylic acids is 1. The molecular weight excluding hydrogens is 356 g/mol. The Balaban J connectivity index is 0.000000568. The Bertz CT molecular complexity index is 812. The smallest absolute Gasteiger partial charge is 0.351 e. The number of hydrogen-bond acceptors (Lipinski definition) is 4. The molecular formula is C22H24N2O4. The van der Waals surface area contributed by atoms with Crippen LogP contribution in [0.25, 0.3) is 5.57 Å². The van der Waals surface area contributed by atoms with Gasteiger partial charge >= 0.3 is 5.97 Å². The van der Waals surface area contributed by atoms with Crippen LogP contribution < -0.4 is 15.3 Å². The van der Waals surface area contributed by atoms with Crippen LogP contribution in [0, 0.1) is 12.3 Å². The molecule has 0 heterocycles. The topological polar surface area (TPSA) is 93.9 Å². The van der Waals surface area contributed by atoms with Crippen molar-refractivity contribution in [2.24, 2.45) is 0 Å². The second-order valence-electron chi connectivity index (χ2n) is 6.13. The lowest BCUT2D eigenvalue weighted by Gasteiger charge is -2.13. The van der Waals surface area contributed by atoms with E-state index in [2.05, 4.69) is 61.3 Å². The number of nitrogens with one attached hydrogen (secondary N) is 2. The first-order valence-corrected chi connectivity index (χ1v) is 8.58. The largest absolute Gasteiger partial charge is 0.539 e. The number of para-hydroxylation sites is 1. The minimum absolute atomic E-state index is 0.720. The molecule has 0 fully saturated rings. The Labute approximate surface area is 165 Å². The van der Waals surface area contributed by atoms with Crippen LogP contribution in [-0.2, 0) is 16.1 Å². The van der Waals surface area contributed by atoms with Crippen LogP contribution in [0.3, 0.4) is 0 Å². The van der Waals surface area contributed by atoms with E-state index in [9.17, 15) is 0 Å². The van der Waals surface area contributed by atoms with E-state index in [0.29, 0.717) is 0 Å². The van der Waals surface area contributed by atoms with E-state index < -0.39 is 11.9 Å². The molecule has 0 aliphatic rings. The zero-order valence-corrected chi connectivity index (χ0v) is 15.8. The van der Waals surface area contributed by atoms with Crippen molar-refractivity contribution < 1.29 is 24.7 Å². The summed E-state index contributed by atoms with van der Waals surface area (Å²) in [5.74, 6) is -1.33. The zero-order chi connectivity index (χ0) is 20.9. The number of rotatable bonds is 7. The molecule has 2 aromatic rings. The predicted molar refractivity (Wildman–Crippen MR) is 107 cm³/mol. The molecule has 0 radical (unpaired) electrons. The molecule has 146 valence electrons. The molecule has 0 saturated carbocycles. The number of aliphatic carboxylic acids is 2. The summed E-state index contributed by atoms with van der Waals surface area (Å²) >= 11 is 0. The molecule has 0 bridgehead atoms. The first-order chi connectivity index (χ1) is 13.3. The highest BCUT2D eigenvalue weighted by Crippen LogP contribution is 2.13. The lowest BCUT2D eigenvalue weighted by Crippen LogP contribution is -3.08. The fourth-order valence-electron chi connectivity index (χ4n) is 2.32. The number of anilines is 1. The van der Waals surface area contributed by atoms with Gasteiger partial charge in [0.1, 0.15) is 13.1 Å². The SMILES string of the molecule is C#CC[NH+](C)CC(=C)c1ccc(CNc2ccccc2)cc1.O=C([O-])C(=O)O. The summed E-state index contributed by atoms with van der Waals surface area (Å²) in [7, 11) is 2.09. The maximum absolute atomic E-state index is 9.04. The van der Waals surface area contributed by atoms with Crippen molar-refractivity contribution in [2.75, 3.05) is 25.5 Å². The second-order valence-corrected chi connectivity index (χ2v) is 6.13. The van der Waals surface area contributed by atoms with Gasteiger partial charge in [-0.15, -0.1) is 6.42 Å². The number of likely N-dealkylation sites (N-methyl/N-ethyl adjacent to an activating group) is 1. The minimum Gasteiger partial charge on any atom is -0.539 e. The average Bonchev–Trinajstić information content (AvgIpc) is 2.68. The number of carboxylic acids is 2. The van der Waals surface area contributed by atoms with E-state index in [-0.39, 0.29) is 0 Å². The van der Waals surface area contributed by atoms with E-state index in [1.807, 2.05) is 18.2 Å². The summed E-state index contributed by atoms with van der Waals surface area (Å²) in [6.07, 6.45) is 5.34. The Kier molecular flexibility index (Phi) is 9.59. The molecule has 1 unspecified atom stereocenters. The van der Waals surface area contributed by atoms with Crippen LogP contribution in [0.5, 0.6) is 0 Å². The van der Waals surface area contributed by atoms with Crippen molar-refractivity contribution in [3.63, 3.8) is 0 Å². The number of carbonyl (C=O) groups is 2. The van der Waals surface area contributed by atoms with Crippen LogP contribution in [-0.4, -0.2) is 37.2 Å². The summed E-state index contributed by atoms with van der Waals surface area (Å²) in [6, 6.07) is 18.8. The number of terminal acetylenes is 1. The Morgan fingerprint density at radius 2 is 1.75 bits per heavy atom. The molecule has 0 aliphatic heterocycles. The fourth-order valence-corrected chi connectivity index (χ4v) is 2.32.